The third-order valence-electron chi connectivity index (χ3n) is 6.65. The molecule has 5 fully saturated rings. The average Bonchev–Trinajstić information content (AvgIpc) is 3.22. The van der Waals surface area contributed by atoms with Crippen LogP contribution in [0.1, 0.15) is 51.3 Å². The number of amides is 3. The normalized spacial score (nSPS) is 36.4. The van der Waals surface area contributed by atoms with Crippen LogP contribution in [0.3, 0.4) is 0 Å². The van der Waals surface area contributed by atoms with Crippen molar-refractivity contribution in [2.75, 3.05) is 13.1 Å². The van der Waals surface area contributed by atoms with Crippen molar-refractivity contribution >= 4 is 23.7 Å². The van der Waals surface area contributed by atoms with Crippen LogP contribution in [0.5, 0.6) is 0 Å². The SMILES string of the molecule is C[C@@H](Sc1nnc(C23CC4CC(CC(C4)C2)C3)o1)C(=O)N1CCNC1=O. The van der Waals surface area contributed by atoms with E-state index in [0.29, 0.717) is 18.3 Å². The van der Waals surface area contributed by atoms with Crippen molar-refractivity contribution in [3.05, 3.63) is 5.89 Å². The monoisotopic (exact) mass is 376 g/mol. The maximum Gasteiger partial charge on any atom is 0.324 e. The lowest BCUT2D eigenvalue weighted by atomic mass is 9.49. The molecule has 3 amide bonds. The minimum absolute atomic E-state index is 0.0721. The molecular formula is C18H24N4O3S. The summed E-state index contributed by atoms with van der Waals surface area (Å²) >= 11 is 1.25. The number of imide groups is 1. The molecule has 1 aromatic rings. The number of rotatable bonds is 4. The van der Waals surface area contributed by atoms with E-state index in [1.165, 1.54) is 55.2 Å². The number of hydrogen-bond acceptors (Lipinski definition) is 6. The van der Waals surface area contributed by atoms with Crippen molar-refractivity contribution < 1.29 is 14.0 Å². The number of carbonyl (C=O) groups is 2. The quantitative estimate of drug-likeness (QED) is 0.813. The summed E-state index contributed by atoms with van der Waals surface area (Å²) in [6, 6.07) is -0.317. The van der Waals surface area contributed by atoms with Crippen molar-refractivity contribution in [2.24, 2.45) is 17.8 Å². The first-order valence-corrected chi connectivity index (χ1v) is 10.5. The van der Waals surface area contributed by atoms with E-state index in [9.17, 15) is 9.59 Å². The Morgan fingerprint density at radius 2 is 1.88 bits per heavy atom. The van der Waals surface area contributed by atoms with E-state index in [1.54, 1.807) is 6.92 Å². The van der Waals surface area contributed by atoms with Gasteiger partial charge in [-0.05, 0) is 63.2 Å². The van der Waals surface area contributed by atoms with Crippen LogP contribution in [-0.2, 0) is 10.2 Å². The Balaban J connectivity index is 1.30. The van der Waals surface area contributed by atoms with Crippen molar-refractivity contribution in [3.8, 4) is 0 Å². The molecule has 1 atom stereocenters. The van der Waals surface area contributed by atoms with E-state index >= 15 is 0 Å². The van der Waals surface area contributed by atoms with Crippen LogP contribution >= 0.6 is 11.8 Å². The Morgan fingerprint density at radius 3 is 2.46 bits per heavy atom. The highest BCUT2D eigenvalue weighted by Gasteiger charge is 2.54. The number of nitrogens with one attached hydrogen (secondary N) is 1. The summed E-state index contributed by atoms with van der Waals surface area (Å²) in [6.45, 7) is 2.72. The highest BCUT2D eigenvalue weighted by Crippen LogP contribution is 2.60. The second-order valence-corrected chi connectivity index (χ2v) is 9.84. The van der Waals surface area contributed by atoms with Gasteiger partial charge in [0.25, 0.3) is 5.22 Å². The van der Waals surface area contributed by atoms with Gasteiger partial charge >= 0.3 is 6.03 Å². The van der Waals surface area contributed by atoms with Gasteiger partial charge in [-0.2, -0.15) is 0 Å². The van der Waals surface area contributed by atoms with Gasteiger partial charge in [0.2, 0.25) is 11.8 Å². The molecule has 0 unspecified atom stereocenters. The number of carbonyl (C=O) groups excluding carboxylic acids is 2. The molecule has 0 radical (unpaired) electrons. The first-order valence-electron chi connectivity index (χ1n) is 9.62. The fraction of sp³-hybridized carbons (Fsp3) is 0.778. The molecule has 1 aromatic heterocycles. The smallest absolute Gasteiger partial charge is 0.324 e. The molecular weight excluding hydrogens is 352 g/mol. The van der Waals surface area contributed by atoms with E-state index in [4.69, 9.17) is 4.42 Å². The minimum Gasteiger partial charge on any atom is -0.415 e. The summed E-state index contributed by atoms with van der Waals surface area (Å²) in [5.74, 6) is 3.02. The standard InChI is InChI=1S/C18H24N4O3S/c1-10(14(23)22-3-2-19-16(22)24)26-17-21-20-15(25-17)18-7-11-4-12(8-18)6-13(5-11)9-18/h10-13H,2-9H2,1H3,(H,19,24)/t10-,11?,12?,13?,18?/m1/s1. The van der Waals surface area contributed by atoms with E-state index in [2.05, 4.69) is 15.5 Å². The van der Waals surface area contributed by atoms with Crippen LogP contribution in [0.25, 0.3) is 0 Å². The molecule has 140 valence electrons. The largest absolute Gasteiger partial charge is 0.415 e. The van der Waals surface area contributed by atoms with Gasteiger partial charge in [-0.25, -0.2) is 4.79 Å². The van der Waals surface area contributed by atoms with E-state index in [-0.39, 0.29) is 17.4 Å². The molecule has 4 aliphatic carbocycles. The van der Waals surface area contributed by atoms with Gasteiger partial charge in [-0.1, -0.05) is 11.8 Å². The zero-order valence-corrected chi connectivity index (χ0v) is 15.8. The van der Waals surface area contributed by atoms with Crippen molar-refractivity contribution in [1.82, 2.24) is 20.4 Å². The van der Waals surface area contributed by atoms with E-state index in [1.807, 2.05) is 0 Å². The maximum absolute atomic E-state index is 12.4. The summed E-state index contributed by atoms with van der Waals surface area (Å²) in [6.07, 6.45) is 7.64. The zero-order chi connectivity index (χ0) is 17.9. The van der Waals surface area contributed by atoms with Gasteiger partial charge in [0.1, 0.15) is 0 Å². The number of hydrogen-bond donors (Lipinski definition) is 1. The predicted octanol–water partition coefficient (Wildman–Crippen LogP) is 2.57. The Hall–Kier alpha value is -1.57. The van der Waals surface area contributed by atoms with Gasteiger partial charge in [-0.15, -0.1) is 10.2 Å². The van der Waals surface area contributed by atoms with Crippen LogP contribution in [-0.4, -0.2) is 45.4 Å². The Kier molecular flexibility index (Phi) is 3.81. The van der Waals surface area contributed by atoms with Gasteiger partial charge < -0.3 is 9.73 Å². The third kappa shape index (κ3) is 2.64. The van der Waals surface area contributed by atoms with Crippen LogP contribution in [0.2, 0.25) is 0 Å². The summed E-state index contributed by atoms with van der Waals surface area (Å²) < 4.78 is 6.05. The highest BCUT2D eigenvalue weighted by atomic mass is 32.2. The van der Waals surface area contributed by atoms with Crippen LogP contribution < -0.4 is 5.32 Å². The van der Waals surface area contributed by atoms with Crippen LogP contribution in [0.15, 0.2) is 9.64 Å². The number of nitrogens with zero attached hydrogens (tertiary/aromatic N) is 3. The molecule has 1 N–H and O–H groups in total. The summed E-state index contributed by atoms with van der Waals surface area (Å²) in [4.78, 5) is 25.4. The minimum atomic E-state index is -0.427. The molecule has 26 heavy (non-hydrogen) atoms. The second-order valence-electron chi connectivity index (χ2n) is 8.55. The Morgan fingerprint density at radius 1 is 1.23 bits per heavy atom. The molecule has 4 saturated carbocycles. The lowest BCUT2D eigenvalue weighted by Gasteiger charge is -2.55. The van der Waals surface area contributed by atoms with Gasteiger partial charge in [0.15, 0.2) is 0 Å². The molecule has 7 nitrogen and oxygen atoms in total. The van der Waals surface area contributed by atoms with E-state index in [0.717, 1.165) is 23.6 Å². The number of aromatic nitrogens is 2. The van der Waals surface area contributed by atoms with Crippen molar-refractivity contribution in [2.45, 2.75) is 61.3 Å². The number of urea groups is 1. The first-order chi connectivity index (χ1) is 12.5. The molecule has 0 aromatic carbocycles. The van der Waals surface area contributed by atoms with Gasteiger partial charge in [0, 0.05) is 18.5 Å². The fourth-order valence-electron chi connectivity index (χ4n) is 5.95. The van der Waals surface area contributed by atoms with Crippen molar-refractivity contribution in [1.29, 1.82) is 0 Å². The summed E-state index contributed by atoms with van der Waals surface area (Å²) in [7, 11) is 0. The molecule has 1 saturated heterocycles. The molecule has 2 heterocycles. The second kappa shape index (κ2) is 5.97. The molecule has 1 aliphatic heterocycles. The Bertz CT molecular complexity index is 713. The Labute approximate surface area is 156 Å². The highest BCUT2D eigenvalue weighted by molar-refractivity contribution is 8.00. The number of thioether (sulfide) groups is 1. The molecule has 6 rings (SSSR count). The molecule has 8 heteroatoms. The predicted molar refractivity (Wildman–Crippen MR) is 94.6 cm³/mol. The topological polar surface area (TPSA) is 88.3 Å². The lowest BCUT2D eigenvalue weighted by molar-refractivity contribution is -0.126. The molecule has 4 bridgehead atoms. The summed E-state index contributed by atoms with van der Waals surface area (Å²) in [5, 5.41) is 11.3. The van der Waals surface area contributed by atoms with Crippen LogP contribution in [0, 0.1) is 17.8 Å². The van der Waals surface area contributed by atoms with Gasteiger partial charge in [-0.3, -0.25) is 9.69 Å². The van der Waals surface area contributed by atoms with E-state index < -0.39 is 5.25 Å². The molecule has 5 aliphatic rings. The lowest BCUT2D eigenvalue weighted by Crippen LogP contribution is -2.48. The first kappa shape index (κ1) is 16.6. The van der Waals surface area contributed by atoms with Crippen molar-refractivity contribution in [3.63, 3.8) is 0 Å². The summed E-state index contributed by atoms with van der Waals surface area (Å²) in [5.41, 5.74) is 0.0721. The van der Waals surface area contributed by atoms with Gasteiger partial charge in [0.05, 0.1) is 5.25 Å². The molecule has 0 spiro atoms. The fourth-order valence-corrected chi connectivity index (χ4v) is 6.69. The van der Waals surface area contributed by atoms with Crippen LogP contribution in [0.4, 0.5) is 4.79 Å². The maximum atomic E-state index is 12.4. The zero-order valence-electron chi connectivity index (χ0n) is 14.9. The third-order valence-corrected chi connectivity index (χ3v) is 7.57. The average molecular weight is 376 g/mol.